The van der Waals surface area contributed by atoms with E-state index in [1.54, 1.807) is 4.90 Å². The number of carbonyl (C=O) groups is 2. The maximum atomic E-state index is 12.6. The van der Waals surface area contributed by atoms with Crippen LogP contribution in [0.3, 0.4) is 0 Å². The molecule has 0 heterocycles. The number of benzene rings is 1. The minimum atomic E-state index is -0.614. The Morgan fingerprint density at radius 1 is 1.15 bits per heavy atom. The van der Waals surface area contributed by atoms with Crippen LogP contribution in [-0.2, 0) is 16.1 Å². The van der Waals surface area contributed by atoms with Gasteiger partial charge in [0.05, 0.1) is 0 Å². The maximum absolute atomic E-state index is 12.6. The molecule has 2 rings (SSSR count). The number of nitrogens with one attached hydrogen (secondary N) is 1. The van der Waals surface area contributed by atoms with Crippen LogP contribution >= 0.6 is 0 Å². The number of esters is 1. The van der Waals surface area contributed by atoms with Gasteiger partial charge in [-0.3, -0.25) is 0 Å². The predicted octanol–water partition coefficient (Wildman–Crippen LogP) is 4.12. The Morgan fingerprint density at radius 3 is 2.42 bits per heavy atom. The average Bonchev–Trinajstić information content (AvgIpc) is 2.66. The summed E-state index contributed by atoms with van der Waals surface area (Å²) < 4.78 is 5.45. The van der Waals surface area contributed by atoms with Crippen LogP contribution in [0.5, 0.6) is 0 Å². The van der Waals surface area contributed by atoms with Gasteiger partial charge in [0.1, 0.15) is 12.6 Å². The number of rotatable bonds is 7. The highest BCUT2D eigenvalue weighted by Gasteiger charge is 2.28. The summed E-state index contributed by atoms with van der Waals surface area (Å²) in [5.74, 6) is -0.0856. The topological polar surface area (TPSA) is 58.6 Å². The van der Waals surface area contributed by atoms with Crippen LogP contribution in [0.2, 0.25) is 0 Å². The number of ether oxygens (including phenoxy) is 1. The normalized spacial score (nSPS) is 16.2. The van der Waals surface area contributed by atoms with E-state index in [9.17, 15) is 9.59 Å². The van der Waals surface area contributed by atoms with Crippen LogP contribution in [0, 0.1) is 5.92 Å². The van der Waals surface area contributed by atoms with Crippen molar-refractivity contribution in [3.63, 3.8) is 0 Å². The molecule has 26 heavy (non-hydrogen) atoms. The Labute approximate surface area is 157 Å². The van der Waals surface area contributed by atoms with Crippen LogP contribution in [0.25, 0.3) is 0 Å². The molecule has 1 atom stereocenters. The Hall–Kier alpha value is -2.04. The van der Waals surface area contributed by atoms with E-state index in [4.69, 9.17) is 4.74 Å². The van der Waals surface area contributed by atoms with Crippen LogP contribution < -0.4 is 5.32 Å². The van der Waals surface area contributed by atoms with Gasteiger partial charge in [-0.05, 0) is 30.7 Å². The summed E-state index contributed by atoms with van der Waals surface area (Å²) in [7, 11) is 1.83. The molecule has 0 aromatic heterocycles. The third kappa shape index (κ3) is 6.36. The summed E-state index contributed by atoms with van der Waals surface area (Å²) >= 11 is 0. The highest BCUT2D eigenvalue weighted by atomic mass is 16.5. The van der Waals surface area contributed by atoms with Crippen molar-refractivity contribution in [2.75, 3.05) is 7.05 Å². The second-order valence-corrected chi connectivity index (χ2v) is 7.63. The number of carbonyl (C=O) groups excluding carboxylic acids is 2. The van der Waals surface area contributed by atoms with Gasteiger partial charge in [-0.15, -0.1) is 0 Å². The molecule has 0 spiro atoms. The van der Waals surface area contributed by atoms with Gasteiger partial charge in [-0.1, -0.05) is 63.4 Å². The van der Waals surface area contributed by atoms with Crippen molar-refractivity contribution in [3.05, 3.63) is 35.9 Å². The van der Waals surface area contributed by atoms with Crippen LogP contribution in [0.4, 0.5) is 4.79 Å². The maximum Gasteiger partial charge on any atom is 0.329 e. The molecule has 144 valence electrons. The van der Waals surface area contributed by atoms with Crippen LogP contribution in [-0.4, -0.2) is 36.0 Å². The summed E-state index contributed by atoms with van der Waals surface area (Å²) in [5, 5.41) is 2.89. The lowest BCUT2D eigenvalue weighted by Crippen LogP contribution is -2.50. The first-order chi connectivity index (χ1) is 12.5. The number of hydrogen-bond donors (Lipinski definition) is 1. The Balaban J connectivity index is 1.92. The summed E-state index contributed by atoms with van der Waals surface area (Å²) in [4.78, 5) is 26.9. The largest absolute Gasteiger partial charge is 0.459 e. The van der Waals surface area contributed by atoms with Crippen molar-refractivity contribution >= 4 is 12.0 Å². The van der Waals surface area contributed by atoms with Crippen molar-refractivity contribution in [2.45, 2.75) is 71.1 Å². The molecule has 0 aliphatic heterocycles. The highest BCUT2D eigenvalue weighted by Crippen LogP contribution is 2.21. The molecule has 0 unspecified atom stereocenters. The smallest absolute Gasteiger partial charge is 0.329 e. The third-order valence-corrected chi connectivity index (χ3v) is 4.96. The zero-order valence-electron chi connectivity index (χ0n) is 16.2. The van der Waals surface area contributed by atoms with Crippen LogP contribution in [0.15, 0.2) is 30.3 Å². The first-order valence-electron chi connectivity index (χ1n) is 9.71. The molecular formula is C21H32N2O3. The van der Waals surface area contributed by atoms with E-state index < -0.39 is 6.04 Å². The lowest BCUT2D eigenvalue weighted by atomic mass is 9.95. The predicted molar refractivity (Wildman–Crippen MR) is 103 cm³/mol. The standard InChI is InChI=1S/C21H32N2O3/c1-16(2)14-19(20(24)26-15-17-10-6-4-7-11-17)22-21(25)23(3)18-12-8-5-9-13-18/h4,6-7,10-11,16,18-19H,5,8-9,12-15H2,1-3H3,(H,22,25)/t19-/m0/s1. The number of nitrogens with zero attached hydrogens (tertiary/aromatic N) is 1. The van der Waals surface area contributed by atoms with E-state index in [0.29, 0.717) is 6.42 Å². The fraction of sp³-hybridized carbons (Fsp3) is 0.619. The second kappa shape index (κ2) is 10.2. The lowest BCUT2D eigenvalue weighted by Gasteiger charge is -2.32. The van der Waals surface area contributed by atoms with E-state index in [-0.39, 0.29) is 30.6 Å². The lowest BCUT2D eigenvalue weighted by molar-refractivity contribution is -0.147. The molecule has 0 radical (unpaired) electrons. The van der Waals surface area contributed by atoms with Gasteiger partial charge in [0.25, 0.3) is 0 Å². The third-order valence-electron chi connectivity index (χ3n) is 4.96. The van der Waals surface area contributed by atoms with E-state index in [1.165, 1.54) is 6.42 Å². The summed E-state index contributed by atoms with van der Waals surface area (Å²) in [6.07, 6.45) is 6.22. The van der Waals surface area contributed by atoms with Crippen molar-refractivity contribution in [1.82, 2.24) is 10.2 Å². The molecule has 5 nitrogen and oxygen atoms in total. The molecule has 0 saturated heterocycles. The molecule has 1 aliphatic rings. The van der Waals surface area contributed by atoms with Gasteiger partial charge in [0.2, 0.25) is 0 Å². The first kappa shape index (κ1) is 20.3. The molecule has 1 saturated carbocycles. The molecule has 1 aromatic rings. The number of urea groups is 1. The molecule has 1 fully saturated rings. The molecule has 1 aromatic carbocycles. The first-order valence-corrected chi connectivity index (χ1v) is 9.71. The van der Waals surface area contributed by atoms with Gasteiger partial charge in [0, 0.05) is 13.1 Å². The zero-order valence-corrected chi connectivity index (χ0v) is 16.2. The fourth-order valence-corrected chi connectivity index (χ4v) is 3.40. The Morgan fingerprint density at radius 2 is 1.81 bits per heavy atom. The molecule has 5 heteroatoms. The zero-order chi connectivity index (χ0) is 18.9. The van der Waals surface area contributed by atoms with Gasteiger partial charge >= 0.3 is 12.0 Å². The Bertz CT molecular complexity index is 568. The van der Waals surface area contributed by atoms with Gasteiger partial charge in [-0.2, -0.15) is 0 Å². The summed E-state index contributed by atoms with van der Waals surface area (Å²) in [6.45, 7) is 4.30. The minimum absolute atomic E-state index is 0.181. The van der Waals surface area contributed by atoms with Crippen molar-refractivity contribution < 1.29 is 14.3 Å². The Kier molecular flexibility index (Phi) is 7.95. The molecule has 2 amide bonds. The minimum Gasteiger partial charge on any atom is -0.459 e. The van der Waals surface area contributed by atoms with Gasteiger partial charge < -0.3 is 15.0 Å². The fourth-order valence-electron chi connectivity index (χ4n) is 3.40. The SMILES string of the molecule is CC(C)C[C@H](NC(=O)N(C)C1CCCCC1)C(=O)OCc1ccccc1. The summed E-state index contributed by atoms with van der Waals surface area (Å²) in [6, 6.07) is 9.06. The molecule has 1 N–H and O–H groups in total. The van der Waals surface area contributed by atoms with E-state index >= 15 is 0 Å². The van der Waals surface area contributed by atoms with E-state index in [1.807, 2.05) is 51.2 Å². The van der Waals surface area contributed by atoms with E-state index in [0.717, 1.165) is 31.2 Å². The number of hydrogen-bond acceptors (Lipinski definition) is 3. The molecular weight excluding hydrogens is 328 g/mol. The quantitative estimate of drug-likeness (QED) is 0.744. The monoisotopic (exact) mass is 360 g/mol. The van der Waals surface area contributed by atoms with E-state index in [2.05, 4.69) is 5.32 Å². The van der Waals surface area contributed by atoms with Crippen LogP contribution in [0.1, 0.15) is 57.9 Å². The molecule has 1 aliphatic carbocycles. The van der Waals surface area contributed by atoms with Crippen molar-refractivity contribution in [2.24, 2.45) is 5.92 Å². The second-order valence-electron chi connectivity index (χ2n) is 7.63. The van der Waals surface area contributed by atoms with Gasteiger partial charge in [0.15, 0.2) is 0 Å². The number of amides is 2. The summed E-state index contributed by atoms with van der Waals surface area (Å²) in [5.41, 5.74) is 0.940. The van der Waals surface area contributed by atoms with Gasteiger partial charge in [-0.25, -0.2) is 9.59 Å². The van der Waals surface area contributed by atoms with Crippen molar-refractivity contribution in [3.8, 4) is 0 Å². The highest BCUT2D eigenvalue weighted by molar-refractivity contribution is 5.83. The van der Waals surface area contributed by atoms with Crippen molar-refractivity contribution in [1.29, 1.82) is 0 Å². The average molecular weight is 360 g/mol. The molecule has 0 bridgehead atoms.